The molecule has 0 radical (unpaired) electrons. The molecule has 72 valence electrons. The highest BCUT2D eigenvalue weighted by Crippen LogP contribution is 2.23. The third kappa shape index (κ3) is 4.42. The Hall–Kier alpha value is -0.460. The monoisotopic (exact) mass is 169 g/mol. The first-order valence-corrected chi connectivity index (χ1v) is 4.89. The first kappa shape index (κ1) is 11.5. The smallest absolute Gasteiger partial charge is 0.0303 e. The van der Waals surface area contributed by atoms with Crippen molar-refractivity contribution in [2.45, 2.75) is 53.0 Å². The second kappa shape index (κ2) is 5.23. The summed E-state index contributed by atoms with van der Waals surface area (Å²) in [6.45, 7) is 12.7. The molecule has 1 heteroatoms. The van der Waals surface area contributed by atoms with Gasteiger partial charge in [0.25, 0.3) is 0 Å². The topological polar surface area (TPSA) is 12.0 Å². The lowest BCUT2D eigenvalue weighted by Gasteiger charge is -2.31. The van der Waals surface area contributed by atoms with Crippen LogP contribution in [0.4, 0.5) is 0 Å². The van der Waals surface area contributed by atoms with Crippen molar-refractivity contribution >= 4 is 0 Å². The van der Waals surface area contributed by atoms with E-state index >= 15 is 0 Å². The van der Waals surface area contributed by atoms with Crippen LogP contribution in [0.15, 0.2) is 12.8 Å². The van der Waals surface area contributed by atoms with Gasteiger partial charge in [0.2, 0.25) is 0 Å². The van der Waals surface area contributed by atoms with Gasteiger partial charge in [0.15, 0.2) is 0 Å². The van der Waals surface area contributed by atoms with Gasteiger partial charge in [-0.2, -0.15) is 0 Å². The van der Waals surface area contributed by atoms with E-state index in [-0.39, 0.29) is 0 Å². The summed E-state index contributed by atoms with van der Waals surface area (Å²) in [6.07, 6.45) is 5.62. The van der Waals surface area contributed by atoms with E-state index in [0.29, 0.717) is 11.5 Å². The highest BCUT2D eigenvalue weighted by atomic mass is 14.9. The average molecular weight is 169 g/mol. The Kier molecular flexibility index (Phi) is 5.03. The summed E-state index contributed by atoms with van der Waals surface area (Å²) in [4.78, 5) is 0. The number of rotatable bonds is 5. The summed E-state index contributed by atoms with van der Waals surface area (Å²) in [6, 6.07) is 0.565. The highest BCUT2D eigenvalue weighted by molar-refractivity contribution is 4.84. The molecular weight excluding hydrogens is 146 g/mol. The molecule has 0 heterocycles. The van der Waals surface area contributed by atoms with Gasteiger partial charge in [0.1, 0.15) is 0 Å². The minimum absolute atomic E-state index is 0.337. The van der Waals surface area contributed by atoms with Crippen molar-refractivity contribution in [3.63, 3.8) is 0 Å². The summed E-state index contributed by atoms with van der Waals surface area (Å²) in [5.74, 6) is 0. The van der Waals surface area contributed by atoms with Crippen LogP contribution in [0.1, 0.15) is 47.0 Å². The van der Waals surface area contributed by atoms with Crippen LogP contribution in [-0.2, 0) is 0 Å². The normalized spacial score (nSPS) is 14.0. The van der Waals surface area contributed by atoms with Crippen LogP contribution in [0.2, 0.25) is 0 Å². The fraction of sp³-hybridized carbons (Fsp3) is 0.818. The Morgan fingerprint density at radius 1 is 1.42 bits per heavy atom. The fourth-order valence-corrected chi connectivity index (χ4v) is 1.32. The Labute approximate surface area is 77.2 Å². The lowest BCUT2D eigenvalue weighted by Crippen LogP contribution is -2.37. The van der Waals surface area contributed by atoms with E-state index < -0.39 is 0 Å². The molecule has 0 saturated carbocycles. The van der Waals surface area contributed by atoms with Gasteiger partial charge in [0, 0.05) is 6.04 Å². The quantitative estimate of drug-likeness (QED) is 0.665. The zero-order valence-electron chi connectivity index (χ0n) is 8.98. The summed E-state index contributed by atoms with van der Waals surface area (Å²) >= 11 is 0. The number of hydrogen-bond donors (Lipinski definition) is 1. The maximum absolute atomic E-state index is 3.71. The van der Waals surface area contributed by atoms with Crippen LogP contribution in [-0.4, -0.2) is 6.04 Å². The van der Waals surface area contributed by atoms with Crippen LogP contribution in [0.25, 0.3) is 0 Å². The van der Waals surface area contributed by atoms with Crippen molar-refractivity contribution in [1.29, 1.82) is 0 Å². The molecule has 0 saturated heterocycles. The molecule has 0 bridgehead atoms. The van der Waals surface area contributed by atoms with Gasteiger partial charge in [-0.3, -0.25) is 0 Å². The lowest BCUT2D eigenvalue weighted by atomic mass is 9.84. The van der Waals surface area contributed by atoms with Crippen LogP contribution >= 0.6 is 0 Å². The van der Waals surface area contributed by atoms with Crippen molar-refractivity contribution in [2.24, 2.45) is 5.41 Å². The molecule has 0 aliphatic heterocycles. The molecule has 0 spiro atoms. The van der Waals surface area contributed by atoms with Crippen LogP contribution in [0.3, 0.4) is 0 Å². The van der Waals surface area contributed by atoms with Gasteiger partial charge in [-0.05, 0) is 18.0 Å². The molecule has 1 atom stereocenters. The van der Waals surface area contributed by atoms with Crippen molar-refractivity contribution in [3.05, 3.63) is 12.8 Å². The van der Waals surface area contributed by atoms with Gasteiger partial charge >= 0.3 is 0 Å². The first-order chi connectivity index (χ1) is 5.52. The number of nitrogens with one attached hydrogen (secondary N) is 1. The van der Waals surface area contributed by atoms with Gasteiger partial charge < -0.3 is 5.32 Å². The molecule has 1 N–H and O–H groups in total. The van der Waals surface area contributed by atoms with E-state index in [4.69, 9.17) is 0 Å². The minimum atomic E-state index is 0.337. The van der Waals surface area contributed by atoms with Crippen LogP contribution in [0.5, 0.6) is 0 Å². The summed E-state index contributed by atoms with van der Waals surface area (Å²) in [5, 5.41) is 3.32. The predicted molar refractivity (Wildman–Crippen MR) is 56.1 cm³/mol. The van der Waals surface area contributed by atoms with Crippen molar-refractivity contribution in [1.82, 2.24) is 5.32 Å². The largest absolute Gasteiger partial charge is 0.388 e. The lowest BCUT2D eigenvalue weighted by molar-refractivity contribution is 0.270. The number of unbranched alkanes of at least 4 members (excludes halogenated alkanes) is 1. The minimum Gasteiger partial charge on any atom is -0.388 e. The molecular formula is C11H23N. The second-order valence-corrected chi connectivity index (χ2v) is 4.43. The molecule has 0 aliphatic carbocycles. The van der Waals surface area contributed by atoms with E-state index in [2.05, 4.69) is 39.6 Å². The Balaban J connectivity index is 3.94. The van der Waals surface area contributed by atoms with E-state index in [9.17, 15) is 0 Å². The SMILES string of the molecule is C=CNC(CCCC)C(C)(C)C. The van der Waals surface area contributed by atoms with E-state index in [1.54, 1.807) is 0 Å². The molecule has 0 aliphatic rings. The van der Waals surface area contributed by atoms with Gasteiger partial charge in [-0.15, -0.1) is 0 Å². The molecule has 0 rings (SSSR count). The molecule has 0 amide bonds. The summed E-state index contributed by atoms with van der Waals surface area (Å²) in [7, 11) is 0. The first-order valence-electron chi connectivity index (χ1n) is 4.89. The predicted octanol–water partition coefficient (Wildman–Crippen LogP) is 3.32. The van der Waals surface area contributed by atoms with E-state index in [1.165, 1.54) is 19.3 Å². The van der Waals surface area contributed by atoms with Gasteiger partial charge in [0.05, 0.1) is 0 Å². The number of hydrogen-bond acceptors (Lipinski definition) is 1. The third-order valence-electron chi connectivity index (χ3n) is 2.21. The molecule has 0 fully saturated rings. The Morgan fingerprint density at radius 3 is 2.33 bits per heavy atom. The van der Waals surface area contributed by atoms with Gasteiger partial charge in [-0.1, -0.05) is 47.1 Å². The van der Waals surface area contributed by atoms with Crippen molar-refractivity contribution in [2.75, 3.05) is 0 Å². The fourth-order valence-electron chi connectivity index (χ4n) is 1.32. The van der Waals surface area contributed by atoms with Crippen molar-refractivity contribution < 1.29 is 0 Å². The van der Waals surface area contributed by atoms with E-state index in [0.717, 1.165) is 0 Å². The Bertz CT molecular complexity index is 121. The van der Waals surface area contributed by atoms with Crippen molar-refractivity contribution in [3.8, 4) is 0 Å². The zero-order valence-corrected chi connectivity index (χ0v) is 8.98. The highest BCUT2D eigenvalue weighted by Gasteiger charge is 2.22. The molecule has 0 aromatic heterocycles. The Morgan fingerprint density at radius 2 is 2.00 bits per heavy atom. The zero-order chi connectivity index (χ0) is 9.61. The van der Waals surface area contributed by atoms with E-state index in [1.807, 2.05) is 6.20 Å². The maximum atomic E-state index is 3.71. The van der Waals surface area contributed by atoms with Crippen LogP contribution < -0.4 is 5.32 Å². The molecule has 0 aromatic rings. The second-order valence-electron chi connectivity index (χ2n) is 4.43. The maximum Gasteiger partial charge on any atom is 0.0303 e. The molecule has 12 heavy (non-hydrogen) atoms. The summed E-state index contributed by atoms with van der Waals surface area (Å²) < 4.78 is 0. The third-order valence-corrected chi connectivity index (χ3v) is 2.21. The molecule has 0 aromatic carbocycles. The summed E-state index contributed by atoms with van der Waals surface area (Å²) in [5.41, 5.74) is 0.337. The van der Waals surface area contributed by atoms with Gasteiger partial charge in [-0.25, -0.2) is 0 Å². The average Bonchev–Trinajstić information content (AvgIpc) is 1.95. The molecule has 1 nitrogen and oxygen atoms in total. The molecule has 1 unspecified atom stereocenters. The van der Waals surface area contributed by atoms with Crippen LogP contribution in [0, 0.1) is 5.41 Å². The standard InChI is InChI=1S/C11H23N/c1-6-8-9-10(12-7-2)11(3,4)5/h7,10,12H,2,6,8-9H2,1,3-5H3.